The van der Waals surface area contributed by atoms with Gasteiger partial charge in [0.1, 0.15) is 5.78 Å². The molecule has 1 saturated heterocycles. The minimum absolute atomic E-state index is 0.0735. The molecule has 0 aromatic heterocycles. The van der Waals surface area contributed by atoms with Crippen LogP contribution in [-0.2, 0) is 4.79 Å². The first-order valence-electron chi connectivity index (χ1n) is 5.63. The molecule has 1 unspecified atom stereocenters. The first-order chi connectivity index (χ1) is 6.27. The highest BCUT2D eigenvalue weighted by Gasteiger charge is 2.43. The van der Waals surface area contributed by atoms with Crippen molar-refractivity contribution in [2.75, 3.05) is 27.2 Å². The Labute approximate surface area is 87.9 Å². The zero-order valence-corrected chi connectivity index (χ0v) is 10.3. The Bertz CT molecular complexity index is 232. The fourth-order valence-corrected chi connectivity index (χ4v) is 2.90. The lowest BCUT2D eigenvalue weighted by atomic mass is 9.74. The van der Waals surface area contributed by atoms with Gasteiger partial charge in [0.05, 0.1) is 32.6 Å². The molecule has 14 heavy (non-hydrogen) atoms. The van der Waals surface area contributed by atoms with Crippen LogP contribution in [0.1, 0.15) is 33.6 Å². The second kappa shape index (κ2) is 3.65. The van der Waals surface area contributed by atoms with Crippen molar-refractivity contribution in [3.8, 4) is 0 Å². The quantitative estimate of drug-likeness (QED) is 0.621. The molecule has 0 aliphatic carbocycles. The van der Waals surface area contributed by atoms with E-state index in [0.717, 1.165) is 17.4 Å². The Kier molecular flexibility index (Phi) is 3.05. The third kappa shape index (κ3) is 2.35. The van der Waals surface area contributed by atoms with Crippen molar-refractivity contribution in [3.05, 3.63) is 0 Å². The van der Waals surface area contributed by atoms with E-state index in [9.17, 15) is 4.79 Å². The summed E-state index contributed by atoms with van der Waals surface area (Å²) in [5, 5.41) is 0. The molecule has 0 aromatic carbocycles. The number of piperidine rings is 1. The number of Topliss-reactive ketones (excluding diaryl/α,β-unsaturated/α-hetero) is 1. The summed E-state index contributed by atoms with van der Waals surface area (Å²) in [6.07, 6.45) is 2.26. The molecule has 1 rings (SSSR count). The molecule has 1 heterocycles. The van der Waals surface area contributed by atoms with Crippen molar-refractivity contribution in [1.29, 1.82) is 0 Å². The van der Waals surface area contributed by atoms with Crippen LogP contribution in [0.4, 0.5) is 0 Å². The van der Waals surface area contributed by atoms with Crippen LogP contribution < -0.4 is 0 Å². The van der Waals surface area contributed by atoms with Gasteiger partial charge in [-0.25, -0.2) is 0 Å². The van der Waals surface area contributed by atoms with Gasteiger partial charge in [0, 0.05) is 5.92 Å². The summed E-state index contributed by atoms with van der Waals surface area (Å²) >= 11 is 0. The van der Waals surface area contributed by atoms with E-state index in [-0.39, 0.29) is 11.3 Å². The summed E-state index contributed by atoms with van der Waals surface area (Å²) in [6.45, 7) is 8.39. The standard InChI is InChI=1S/C12H24NO/c1-10(2)11(14)12(3)7-6-8-13(4,5)9-12/h10H,6-9H2,1-5H3/q+1. The third-order valence-corrected chi connectivity index (χ3v) is 3.39. The molecule has 1 atom stereocenters. The number of ketones is 1. The van der Waals surface area contributed by atoms with E-state index in [2.05, 4.69) is 21.0 Å². The molecule has 0 saturated carbocycles. The van der Waals surface area contributed by atoms with Crippen LogP contribution in [0.25, 0.3) is 0 Å². The van der Waals surface area contributed by atoms with Gasteiger partial charge in [-0.2, -0.15) is 0 Å². The Morgan fingerprint density at radius 3 is 2.36 bits per heavy atom. The molecule has 0 aromatic rings. The van der Waals surface area contributed by atoms with Crippen molar-refractivity contribution in [2.24, 2.45) is 11.3 Å². The van der Waals surface area contributed by atoms with E-state index in [1.54, 1.807) is 0 Å². The second-order valence-corrected chi connectivity index (χ2v) is 6.00. The first kappa shape index (κ1) is 11.7. The molecule has 0 N–H and O–H groups in total. The van der Waals surface area contributed by atoms with Crippen LogP contribution in [0.3, 0.4) is 0 Å². The maximum Gasteiger partial charge on any atom is 0.146 e. The van der Waals surface area contributed by atoms with Crippen molar-refractivity contribution in [2.45, 2.75) is 33.6 Å². The summed E-state index contributed by atoms with van der Waals surface area (Å²) in [4.78, 5) is 12.1. The zero-order chi connectivity index (χ0) is 11.0. The first-order valence-corrected chi connectivity index (χ1v) is 5.63. The van der Waals surface area contributed by atoms with E-state index < -0.39 is 0 Å². The molecule has 1 aliphatic heterocycles. The lowest BCUT2D eigenvalue weighted by Gasteiger charge is -2.43. The number of carbonyl (C=O) groups excluding carboxylic acids is 1. The fourth-order valence-electron chi connectivity index (χ4n) is 2.90. The largest absolute Gasteiger partial charge is 0.328 e. The second-order valence-electron chi connectivity index (χ2n) is 6.00. The zero-order valence-electron chi connectivity index (χ0n) is 10.3. The SMILES string of the molecule is CC(C)C(=O)C1(C)CCC[N+](C)(C)C1. The van der Waals surface area contributed by atoms with Crippen molar-refractivity contribution >= 4 is 5.78 Å². The van der Waals surface area contributed by atoms with Crippen LogP contribution in [0.15, 0.2) is 0 Å². The number of quaternary nitrogens is 1. The number of hydrogen-bond acceptors (Lipinski definition) is 1. The summed E-state index contributed by atoms with van der Waals surface area (Å²) in [7, 11) is 4.45. The van der Waals surface area contributed by atoms with Gasteiger partial charge in [-0.1, -0.05) is 13.8 Å². The van der Waals surface area contributed by atoms with E-state index in [1.807, 2.05) is 13.8 Å². The molecule has 82 valence electrons. The molecular formula is C12H24NO+. The maximum absolute atomic E-state index is 12.1. The molecule has 0 spiro atoms. The molecule has 2 nitrogen and oxygen atoms in total. The third-order valence-electron chi connectivity index (χ3n) is 3.39. The van der Waals surface area contributed by atoms with Crippen LogP contribution in [0.5, 0.6) is 0 Å². The fraction of sp³-hybridized carbons (Fsp3) is 0.917. The Balaban J connectivity index is 2.79. The Morgan fingerprint density at radius 1 is 1.36 bits per heavy atom. The predicted octanol–water partition coefficient (Wildman–Crippen LogP) is 2.09. The summed E-state index contributed by atoms with van der Waals surface area (Å²) in [5.74, 6) is 0.626. The number of nitrogens with zero attached hydrogens (tertiary/aromatic N) is 1. The van der Waals surface area contributed by atoms with Gasteiger partial charge in [-0.15, -0.1) is 0 Å². The average Bonchev–Trinajstić information content (AvgIpc) is 2.00. The van der Waals surface area contributed by atoms with Crippen molar-refractivity contribution < 1.29 is 9.28 Å². The minimum atomic E-state index is -0.0735. The molecule has 2 heteroatoms. The lowest BCUT2D eigenvalue weighted by molar-refractivity contribution is -0.900. The molecule has 0 bridgehead atoms. The van der Waals surface area contributed by atoms with Crippen molar-refractivity contribution in [3.63, 3.8) is 0 Å². The smallest absolute Gasteiger partial charge is 0.146 e. The topological polar surface area (TPSA) is 17.1 Å². The van der Waals surface area contributed by atoms with E-state index >= 15 is 0 Å². The molecule has 1 fully saturated rings. The molecule has 0 amide bonds. The number of hydrogen-bond donors (Lipinski definition) is 0. The van der Waals surface area contributed by atoms with E-state index in [1.165, 1.54) is 13.0 Å². The highest BCUT2D eigenvalue weighted by atomic mass is 16.1. The van der Waals surface area contributed by atoms with Crippen LogP contribution in [-0.4, -0.2) is 37.5 Å². The summed E-state index contributed by atoms with van der Waals surface area (Å²) in [5.41, 5.74) is -0.0735. The lowest BCUT2D eigenvalue weighted by Crippen LogP contribution is -2.55. The van der Waals surface area contributed by atoms with Crippen LogP contribution in [0, 0.1) is 11.3 Å². The van der Waals surface area contributed by atoms with Gasteiger partial charge in [-0.05, 0) is 19.8 Å². The summed E-state index contributed by atoms with van der Waals surface area (Å²) in [6, 6.07) is 0. The van der Waals surface area contributed by atoms with Crippen LogP contribution >= 0.6 is 0 Å². The minimum Gasteiger partial charge on any atom is -0.328 e. The van der Waals surface area contributed by atoms with Crippen molar-refractivity contribution in [1.82, 2.24) is 0 Å². The Morgan fingerprint density at radius 2 is 1.93 bits per heavy atom. The average molecular weight is 198 g/mol. The normalized spacial score (nSPS) is 31.9. The highest BCUT2D eigenvalue weighted by molar-refractivity contribution is 5.86. The summed E-state index contributed by atoms with van der Waals surface area (Å²) < 4.78 is 0.995. The predicted molar refractivity (Wildman–Crippen MR) is 59.0 cm³/mol. The number of rotatable bonds is 2. The number of likely N-dealkylation sites (tertiary alicyclic amines) is 1. The van der Waals surface area contributed by atoms with Gasteiger partial charge in [-0.3, -0.25) is 4.79 Å². The van der Waals surface area contributed by atoms with E-state index in [4.69, 9.17) is 0 Å². The maximum atomic E-state index is 12.1. The van der Waals surface area contributed by atoms with Gasteiger partial charge in [0.15, 0.2) is 0 Å². The molecule has 1 aliphatic rings. The van der Waals surface area contributed by atoms with Gasteiger partial charge < -0.3 is 4.48 Å². The van der Waals surface area contributed by atoms with E-state index in [0.29, 0.717) is 5.78 Å². The molecular weight excluding hydrogens is 174 g/mol. The molecule has 0 radical (unpaired) electrons. The number of carbonyl (C=O) groups is 1. The van der Waals surface area contributed by atoms with Crippen LogP contribution in [0.2, 0.25) is 0 Å². The highest BCUT2D eigenvalue weighted by Crippen LogP contribution is 2.34. The van der Waals surface area contributed by atoms with Gasteiger partial charge >= 0.3 is 0 Å². The van der Waals surface area contributed by atoms with Gasteiger partial charge in [0.2, 0.25) is 0 Å². The monoisotopic (exact) mass is 198 g/mol. The Hall–Kier alpha value is -0.370. The van der Waals surface area contributed by atoms with Gasteiger partial charge in [0.25, 0.3) is 0 Å².